The number of rotatable bonds is 4. The van der Waals surface area contributed by atoms with Crippen LogP contribution in [0.3, 0.4) is 0 Å². The maximum atomic E-state index is 5.73. The molecule has 2 rings (SSSR count). The smallest absolute Gasteiger partial charge is 0.145 e. The molecule has 0 aliphatic heterocycles. The summed E-state index contributed by atoms with van der Waals surface area (Å²) >= 11 is 3.41. The van der Waals surface area contributed by atoms with Gasteiger partial charge in [0.2, 0.25) is 0 Å². The number of halogens is 1. The number of hydrogen-bond donors (Lipinski definition) is 1. The molecule has 0 radical (unpaired) electrons. The molecule has 2 aromatic rings. The summed E-state index contributed by atoms with van der Waals surface area (Å²) in [6.45, 7) is 4.59. The Labute approximate surface area is 115 Å². The zero-order valence-corrected chi connectivity index (χ0v) is 12.0. The number of hydrogen-bond acceptors (Lipinski definition) is 3. The fraction of sp³-hybridized carbons (Fsp3) is 0.308. The fourth-order valence-electron chi connectivity index (χ4n) is 1.72. The summed E-state index contributed by atoms with van der Waals surface area (Å²) in [6, 6.07) is 9.86. The highest BCUT2D eigenvalue weighted by Gasteiger charge is 2.09. The van der Waals surface area contributed by atoms with Crippen molar-refractivity contribution in [1.29, 1.82) is 0 Å². The summed E-state index contributed by atoms with van der Waals surface area (Å²) in [5.74, 6) is 1.34. The molecular weight excluding hydrogens is 294 g/mol. The summed E-state index contributed by atoms with van der Waals surface area (Å²) in [4.78, 5) is 0. The minimum absolute atomic E-state index is 0.267. The van der Waals surface area contributed by atoms with Gasteiger partial charge in [-0.2, -0.15) is 5.10 Å². The van der Waals surface area contributed by atoms with Gasteiger partial charge < -0.3 is 10.5 Å². The van der Waals surface area contributed by atoms with Gasteiger partial charge >= 0.3 is 0 Å². The van der Waals surface area contributed by atoms with Gasteiger partial charge in [-0.1, -0.05) is 22.0 Å². The highest BCUT2D eigenvalue weighted by atomic mass is 79.9. The van der Waals surface area contributed by atoms with Crippen LogP contribution in [0.4, 0.5) is 5.82 Å². The molecule has 2 N–H and O–H groups in total. The van der Waals surface area contributed by atoms with E-state index in [9.17, 15) is 0 Å². The molecule has 0 amide bonds. The standard InChI is InChI=1S/C13H16BrN3O/c1-9(2)17-11(7-13(15)16-17)8-18-12-5-3-4-10(14)6-12/h3-7,9H,8H2,1-2H3,(H2,15,16). The summed E-state index contributed by atoms with van der Waals surface area (Å²) in [5.41, 5.74) is 6.69. The van der Waals surface area contributed by atoms with E-state index in [-0.39, 0.29) is 6.04 Å². The molecular formula is C13H16BrN3O. The quantitative estimate of drug-likeness (QED) is 0.942. The molecule has 0 aliphatic carbocycles. The summed E-state index contributed by atoms with van der Waals surface area (Å²) in [6.07, 6.45) is 0. The summed E-state index contributed by atoms with van der Waals surface area (Å²) < 4.78 is 8.61. The number of nitrogen functional groups attached to an aromatic ring is 1. The van der Waals surface area contributed by atoms with E-state index < -0.39 is 0 Å². The first-order chi connectivity index (χ1) is 8.56. The molecule has 0 saturated carbocycles. The molecule has 0 aliphatic rings. The van der Waals surface area contributed by atoms with Gasteiger partial charge in [-0.25, -0.2) is 0 Å². The third-order valence-electron chi connectivity index (χ3n) is 2.50. The first kappa shape index (κ1) is 13.0. The number of nitrogens with zero attached hydrogens (tertiary/aromatic N) is 2. The van der Waals surface area contributed by atoms with Crippen LogP contribution in [-0.2, 0) is 6.61 Å². The molecule has 0 unspecified atom stereocenters. The van der Waals surface area contributed by atoms with Gasteiger partial charge in [0.15, 0.2) is 0 Å². The predicted octanol–water partition coefficient (Wildman–Crippen LogP) is 3.39. The van der Waals surface area contributed by atoms with Crippen molar-refractivity contribution < 1.29 is 4.74 Å². The number of aromatic nitrogens is 2. The van der Waals surface area contributed by atoms with Gasteiger partial charge in [-0.3, -0.25) is 4.68 Å². The average Bonchev–Trinajstić information content (AvgIpc) is 2.68. The van der Waals surface area contributed by atoms with Crippen LogP contribution in [0.1, 0.15) is 25.6 Å². The first-order valence-electron chi connectivity index (χ1n) is 5.78. The minimum atomic E-state index is 0.267. The van der Waals surface area contributed by atoms with E-state index in [2.05, 4.69) is 34.9 Å². The maximum absolute atomic E-state index is 5.73. The predicted molar refractivity (Wildman–Crippen MR) is 75.5 cm³/mol. The van der Waals surface area contributed by atoms with Crippen molar-refractivity contribution in [2.45, 2.75) is 26.5 Å². The molecule has 96 valence electrons. The summed E-state index contributed by atoms with van der Waals surface area (Å²) in [7, 11) is 0. The Bertz CT molecular complexity index is 537. The van der Waals surface area contributed by atoms with Crippen molar-refractivity contribution in [2.24, 2.45) is 0 Å². The zero-order chi connectivity index (χ0) is 13.1. The van der Waals surface area contributed by atoms with Crippen LogP contribution in [0, 0.1) is 0 Å². The lowest BCUT2D eigenvalue weighted by atomic mass is 10.3. The normalized spacial score (nSPS) is 10.9. The molecule has 1 aromatic carbocycles. The van der Waals surface area contributed by atoms with Gasteiger partial charge in [0.25, 0.3) is 0 Å². The Morgan fingerprint density at radius 1 is 1.39 bits per heavy atom. The van der Waals surface area contributed by atoms with Crippen molar-refractivity contribution in [3.8, 4) is 5.75 Å². The largest absolute Gasteiger partial charge is 0.487 e. The molecule has 0 saturated heterocycles. The molecule has 4 nitrogen and oxygen atoms in total. The lowest BCUT2D eigenvalue weighted by Crippen LogP contribution is -2.10. The highest BCUT2D eigenvalue weighted by molar-refractivity contribution is 9.10. The molecule has 1 aromatic heterocycles. The van der Waals surface area contributed by atoms with Gasteiger partial charge in [-0.05, 0) is 32.0 Å². The third kappa shape index (κ3) is 3.04. The van der Waals surface area contributed by atoms with Crippen LogP contribution in [-0.4, -0.2) is 9.78 Å². The van der Waals surface area contributed by atoms with E-state index in [1.165, 1.54) is 0 Å². The molecule has 0 spiro atoms. The Balaban J connectivity index is 2.10. The van der Waals surface area contributed by atoms with E-state index >= 15 is 0 Å². The second-order valence-electron chi connectivity index (χ2n) is 4.34. The van der Waals surface area contributed by atoms with Crippen molar-refractivity contribution in [3.05, 3.63) is 40.5 Å². The molecule has 0 fully saturated rings. The van der Waals surface area contributed by atoms with Gasteiger partial charge in [0.1, 0.15) is 18.2 Å². The minimum Gasteiger partial charge on any atom is -0.487 e. The SMILES string of the molecule is CC(C)n1nc(N)cc1COc1cccc(Br)c1. The monoisotopic (exact) mass is 309 g/mol. The van der Waals surface area contributed by atoms with E-state index in [0.717, 1.165) is 15.9 Å². The van der Waals surface area contributed by atoms with Crippen molar-refractivity contribution in [3.63, 3.8) is 0 Å². The highest BCUT2D eigenvalue weighted by Crippen LogP contribution is 2.20. The maximum Gasteiger partial charge on any atom is 0.145 e. The Hall–Kier alpha value is -1.49. The lowest BCUT2D eigenvalue weighted by Gasteiger charge is -2.11. The summed E-state index contributed by atoms with van der Waals surface area (Å²) in [5, 5.41) is 4.25. The van der Waals surface area contributed by atoms with Gasteiger partial charge in [-0.15, -0.1) is 0 Å². The zero-order valence-electron chi connectivity index (χ0n) is 10.4. The Morgan fingerprint density at radius 3 is 2.83 bits per heavy atom. The number of nitrogens with two attached hydrogens (primary N) is 1. The topological polar surface area (TPSA) is 53.1 Å². The van der Waals surface area contributed by atoms with Crippen LogP contribution in [0.2, 0.25) is 0 Å². The average molecular weight is 310 g/mol. The van der Waals surface area contributed by atoms with E-state index in [1.807, 2.05) is 35.0 Å². The Morgan fingerprint density at radius 2 is 2.17 bits per heavy atom. The van der Waals surface area contributed by atoms with E-state index in [1.54, 1.807) is 0 Å². The first-order valence-corrected chi connectivity index (χ1v) is 6.58. The van der Waals surface area contributed by atoms with Crippen LogP contribution >= 0.6 is 15.9 Å². The lowest BCUT2D eigenvalue weighted by molar-refractivity contribution is 0.287. The van der Waals surface area contributed by atoms with E-state index in [0.29, 0.717) is 12.4 Å². The number of ether oxygens (including phenoxy) is 1. The van der Waals surface area contributed by atoms with Crippen LogP contribution in [0.15, 0.2) is 34.8 Å². The Kier molecular flexibility index (Phi) is 3.91. The molecule has 0 bridgehead atoms. The fourth-order valence-corrected chi connectivity index (χ4v) is 2.10. The van der Waals surface area contributed by atoms with Crippen LogP contribution < -0.4 is 10.5 Å². The van der Waals surface area contributed by atoms with Gasteiger partial charge in [0, 0.05) is 16.6 Å². The number of anilines is 1. The molecule has 0 atom stereocenters. The van der Waals surface area contributed by atoms with E-state index in [4.69, 9.17) is 10.5 Å². The third-order valence-corrected chi connectivity index (χ3v) is 3.00. The van der Waals surface area contributed by atoms with Crippen molar-refractivity contribution >= 4 is 21.7 Å². The second kappa shape index (κ2) is 5.44. The molecule has 5 heteroatoms. The molecule has 1 heterocycles. The number of benzene rings is 1. The van der Waals surface area contributed by atoms with Crippen LogP contribution in [0.5, 0.6) is 5.75 Å². The van der Waals surface area contributed by atoms with Crippen molar-refractivity contribution in [1.82, 2.24) is 9.78 Å². The molecule has 18 heavy (non-hydrogen) atoms. The van der Waals surface area contributed by atoms with Gasteiger partial charge in [0.05, 0.1) is 5.69 Å². The second-order valence-corrected chi connectivity index (χ2v) is 5.26. The van der Waals surface area contributed by atoms with Crippen LogP contribution in [0.25, 0.3) is 0 Å². The van der Waals surface area contributed by atoms with Crippen molar-refractivity contribution in [2.75, 3.05) is 5.73 Å².